The van der Waals surface area contributed by atoms with Crippen LogP contribution in [0.5, 0.6) is 0 Å². The summed E-state index contributed by atoms with van der Waals surface area (Å²) in [6.07, 6.45) is 4.09. The summed E-state index contributed by atoms with van der Waals surface area (Å²) in [6, 6.07) is 7.25. The molecule has 3 rings (SSSR count). The first-order valence-electron chi connectivity index (χ1n) is 6.70. The van der Waals surface area contributed by atoms with Crippen molar-refractivity contribution in [3.63, 3.8) is 0 Å². The van der Waals surface area contributed by atoms with E-state index < -0.39 is 0 Å². The van der Waals surface area contributed by atoms with E-state index in [-0.39, 0.29) is 5.91 Å². The number of hydrogen-bond acceptors (Lipinski definition) is 5. The van der Waals surface area contributed by atoms with Gasteiger partial charge in [-0.15, -0.1) is 5.10 Å². The number of hydrogen-bond donors (Lipinski definition) is 0. The summed E-state index contributed by atoms with van der Waals surface area (Å²) in [5.41, 5.74) is 0. The molecule has 0 radical (unpaired) electrons. The van der Waals surface area contributed by atoms with E-state index >= 15 is 0 Å². The predicted molar refractivity (Wildman–Crippen MR) is 73.5 cm³/mol. The van der Waals surface area contributed by atoms with Gasteiger partial charge in [0, 0.05) is 32.4 Å². The summed E-state index contributed by atoms with van der Waals surface area (Å²) in [5.74, 6) is 1.22. The second-order valence-corrected chi connectivity index (χ2v) is 4.69. The number of rotatable bonds is 2. The Morgan fingerprint density at radius 3 is 2.85 bits per heavy atom. The van der Waals surface area contributed by atoms with E-state index in [1.54, 1.807) is 18.3 Å². The third kappa shape index (κ3) is 2.64. The number of anilines is 1. The van der Waals surface area contributed by atoms with Gasteiger partial charge < -0.3 is 14.2 Å². The van der Waals surface area contributed by atoms with Crippen LogP contribution in [0.1, 0.15) is 17.0 Å². The first-order chi connectivity index (χ1) is 9.84. The highest BCUT2D eigenvalue weighted by Gasteiger charge is 2.22. The molecule has 1 saturated heterocycles. The molecule has 0 N–H and O–H groups in total. The van der Waals surface area contributed by atoms with E-state index in [1.807, 2.05) is 17.0 Å². The average molecular weight is 272 g/mol. The molecule has 0 bridgehead atoms. The van der Waals surface area contributed by atoms with Crippen LogP contribution >= 0.6 is 0 Å². The second-order valence-electron chi connectivity index (χ2n) is 4.69. The Kier molecular flexibility index (Phi) is 3.62. The van der Waals surface area contributed by atoms with Crippen molar-refractivity contribution < 1.29 is 9.21 Å². The highest BCUT2D eigenvalue weighted by molar-refractivity contribution is 5.91. The van der Waals surface area contributed by atoms with Crippen LogP contribution in [0.4, 0.5) is 5.82 Å². The Balaban J connectivity index is 1.67. The molecule has 2 aromatic heterocycles. The fraction of sp³-hybridized carbons (Fsp3) is 0.357. The lowest BCUT2D eigenvalue weighted by Gasteiger charge is -2.21. The van der Waals surface area contributed by atoms with Crippen LogP contribution in [0.15, 0.2) is 41.1 Å². The number of carbonyl (C=O) groups is 1. The van der Waals surface area contributed by atoms with Crippen molar-refractivity contribution in [1.82, 2.24) is 15.1 Å². The fourth-order valence-corrected chi connectivity index (χ4v) is 2.37. The van der Waals surface area contributed by atoms with Gasteiger partial charge >= 0.3 is 0 Å². The molecule has 6 heteroatoms. The molecule has 1 fully saturated rings. The monoisotopic (exact) mass is 272 g/mol. The predicted octanol–water partition coefficient (Wildman–Crippen LogP) is 1.42. The van der Waals surface area contributed by atoms with Gasteiger partial charge in [0.15, 0.2) is 11.6 Å². The molecule has 104 valence electrons. The maximum absolute atomic E-state index is 12.2. The molecule has 0 aromatic carbocycles. The van der Waals surface area contributed by atoms with Crippen LogP contribution in [-0.4, -0.2) is 47.2 Å². The molecular weight excluding hydrogens is 256 g/mol. The molecule has 3 heterocycles. The quantitative estimate of drug-likeness (QED) is 0.827. The van der Waals surface area contributed by atoms with Crippen LogP contribution < -0.4 is 4.90 Å². The first-order valence-corrected chi connectivity index (χ1v) is 6.70. The van der Waals surface area contributed by atoms with Crippen LogP contribution in [0.3, 0.4) is 0 Å². The lowest BCUT2D eigenvalue weighted by atomic mass is 10.3. The largest absolute Gasteiger partial charge is 0.459 e. The fourth-order valence-electron chi connectivity index (χ4n) is 2.37. The number of aromatic nitrogens is 2. The normalized spacial score (nSPS) is 16.0. The highest BCUT2D eigenvalue weighted by Crippen LogP contribution is 2.14. The summed E-state index contributed by atoms with van der Waals surface area (Å²) in [4.78, 5) is 16.2. The van der Waals surface area contributed by atoms with Crippen molar-refractivity contribution in [2.75, 3.05) is 31.1 Å². The average Bonchev–Trinajstić information content (AvgIpc) is 2.92. The van der Waals surface area contributed by atoms with Crippen molar-refractivity contribution in [3.8, 4) is 0 Å². The minimum absolute atomic E-state index is 0.0454. The van der Waals surface area contributed by atoms with Crippen molar-refractivity contribution in [2.45, 2.75) is 6.42 Å². The van der Waals surface area contributed by atoms with Crippen LogP contribution in [-0.2, 0) is 0 Å². The Labute approximate surface area is 117 Å². The van der Waals surface area contributed by atoms with Crippen molar-refractivity contribution in [3.05, 3.63) is 42.5 Å². The van der Waals surface area contributed by atoms with Gasteiger partial charge in [0.25, 0.3) is 5.91 Å². The molecule has 0 unspecified atom stereocenters. The molecule has 2 aromatic rings. The third-order valence-corrected chi connectivity index (χ3v) is 3.40. The zero-order valence-electron chi connectivity index (χ0n) is 11.1. The van der Waals surface area contributed by atoms with Crippen molar-refractivity contribution in [1.29, 1.82) is 0 Å². The molecular formula is C14H16N4O2. The molecule has 6 nitrogen and oxygen atoms in total. The molecule has 1 aliphatic heterocycles. The van der Waals surface area contributed by atoms with E-state index in [0.717, 1.165) is 31.9 Å². The maximum Gasteiger partial charge on any atom is 0.289 e. The van der Waals surface area contributed by atoms with E-state index in [9.17, 15) is 4.79 Å². The van der Waals surface area contributed by atoms with Gasteiger partial charge in [-0.2, -0.15) is 5.10 Å². The zero-order chi connectivity index (χ0) is 13.8. The van der Waals surface area contributed by atoms with Gasteiger partial charge in [-0.1, -0.05) is 0 Å². The number of furan rings is 1. The Morgan fingerprint density at radius 2 is 2.10 bits per heavy atom. The van der Waals surface area contributed by atoms with E-state index in [4.69, 9.17) is 4.42 Å². The summed E-state index contributed by atoms with van der Waals surface area (Å²) in [5, 5.41) is 8.02. The SMILES string of the molecule is O=C(c1ccco1)N1CCCN(c2cccnn2)CC1. The Hall–Kier alpha value is -2.37. The van der Waals surface area contributed by atoms with Gasteiger partial charge in [0.2, 0.25) is 0 Å². The van der Waals surface area contributed by atoms with Crippen LogP contribution in [0, 0.1) is 0 Å². The maximum atomic E-state index is 12.2. The number of amides is 1. The standard InChI is InChI=1S/C14H16N4O2/c19-14(12-4-2-11-20-12)18-8-3-7-17(9-10-18)13-5-1-6-15-16-13/h1-2,4-6,11H,3,7-10H2. The van der Waals surface area contributed by atoms with Crippen molar-refractivity contribution in [2.24, 2.45) is 0 Å². The number of nitrogens with zero attached hydrogens (tertiary/aromatic N) is 4. The molecule has 0 aliphatic carbocycles. The minimum Gasteiger partial charge on any atom is -0.459 e. The highest BCUT2D eigenvalue weighted by atomic mass is 16.3. The molecule has 0 saturated carbocycles. The topological polar surface area (TPSA) is 62.5 Å². The van der Waals surface area contributed by atoms with Crippen molar-refractivity contribution >= 4 is 11.7 Å². The smallest absolute Gasteiger partial charge is 0.289 e. The molecule has 0 spiro atoms. The summed E-state index contributed by atoms with van der Waals surface area (Å²) >= 11 is 0. The van der Waals surface area contributed by atoms with Gasteiger partial charge in [-0.05, 0) is 30.7 Å². The van der Waals surface area contributed by atoms with Gasteiger partial charge in [0.05, 0.1) is 6.26 Å². The van der Waals surface area contributed by atoms with E-state index in [2.05, 4.69) is 15.1 Å². The van der Waals surface area contributed by atoms with E-state index in [1.165, 1.54) is 6.26 Å². The van der Waals surface area contributed by atoms with Crippen LogP contribution in [0.2, 0.25) is 0 Å². The summed E-state index contributed by atoms with van der Waals surface area (Å²) < 4.78 is 5.17. The van der Waals surface area contributed by atoms with Crippen LogP contribution in [0.25, 0.3) is 0 Å². The lowest BCUT2D eigenvalue weighted by Crippen LogP contribution is -2.35. The van der Waals surface area contributed by atoms with E-state index in [0.29, 0.717) is 12.3 Å². The second kappa shape index (κ2) is 5.73. The molecule has 0 atom stereocenters. The third-order valence-electron chi connectivity index (χ3n) is 3.40. The van der Waals surface area contributed by atoms with Gasteiger partial charge in [-0.3, -0.25) is 4.79 Å². The first kappa shape index (κ1) is 12.7. The zero-order valence-corrected chi connectivity index (χ0v) is 11.1. The molecule has 1 amide bonds. The Bertz CT molecular complexity index is 556. The summed E-state index contributed by atoms with van der Waals surface area (Å²) in [6.45, 7) is 3.03. The molecule has 1 aliphatic rings. The van der Waals surface area contributed by atoms with Gasteiger partial charge in [-0.25, -0.2) is 0 Å². The van der Waals surface area contributed by atoms with Gasteiger partial charge in [0.1, 0.15) is 0 Å². The Morgan fingerprint density at radius 1 is 1.15 bits per heavy atom. The summed E-state index contributed by atoms with van der Waals surface area (Å²) in [7, 11) is 0. The number of carbonyl (C=O) groups excluding carboxylic acids is 1. The molecule has 20 heavy (non-hydrogen) atoms. The lowest BCUT2D eigenvalue weighted by molar-refractivity contribution is 0.0735. The minimum atomic E-state index is -0.0454.